The highest BCUT2D eigenvalue weighted by Crippen LogP contribution is 2.63. The maximum Gasteiger partial charge on any atom is 0.132 e. The van der Waals surface area contributed by atoms with E-state index in [1.165, 1.54) is 27.8 Å². The minimum absolute atomic E-state index is 0.496. The van der Waals surface area contributed by atoms with Gasteiger partial charge in [-0.1, -0.05) is 133 Å². The maximum absolute atomic E-state index is 6.62. The molecular formula is C48H37N3O. The van der Waals surface area contributed by atoms with E-state index in [1.807, 2.05) is 56.3 Å². The zero-order valence-electron chi connectivity index (χ0n) is 29.1. The van der Waals surface area contributed by atoms with Crippen LogP contribution in [-0.4, -0.2) is 4.98 Å². The summed E-state index contributed by atoms with van der Waals surface area (Å²) in [6, 6.07) is 53.4. The number of allylic oxidation sites excluding steroid dienone is 2. The summed E-state index contributed by atoms with van der Waals surface area (Å²) >= 11 is 0. The molecule has 7 aromatic rings. The predicted molar refractivity (Wildman–Crippen MR) is 213 cm³/mol. The monoisotopic (exact) mass is 671 g/mol. The first-order valence-electron chi connectivity index (χ1n) is 17.6. The van der Waals surface area contributed by atoms with E-state index in [9.17, 15) is 0 Å². The van der Waals surface area contributed by atoms with Gasteiger partial charge in [-0.05, 0) is 94.3 Å². The molecule has 0 radical (unpaired) electrons. The molecule has 1 aromatic heterocycles. The molecule has 1 aliphatic heterocycles. The summed E-state index contributed by atoms with van der Waals surface area (Å²) in [5, 5.41) is 0. The largest absolute Gasteiger partial charge is 0.457 e. The summed E-state index contributed by atoms with van der Waals surface area (Å²) in [6.45, 7) is 4.05. The molecule has 4 N–H and O–H groups in total. The highest BCUT2D eigenvalue weighted by molar-refractivity contribution is 5.96. The summed E-state index contributed by atoms with van der Waals surface area (Å²) in [5.74, 6) is 1.78. The Labute approximate surface area is 304 Å². The van der Waals surface area contributed by atoms with Crippen LogP contribution in [0.3, 0.4) is 0 Å². The van der Waals surface area contributed by atoms with Crippen molar-refractivity contribution in [2.75, 3.05) is 0 Å². The van der Waals surface area contributed by atoms with Gasteiger partial charge in [0.1, 0.15) is 11.5 Å². The molecule has 0 saturated carbocycles. The average molecular weight is 672 g/mol. The fraction of sp³-hybridized carbons (Fsp3) is 0.0625. The molecule has 6 aromatic carbocycles. The molecule has 4 heteroatoms. The predicted octanol–water partition coefficient (Wildman–Crippen LogP) is 10.8. The number of aromatic nitrogens is 1. The molecule has 1 aliphatic carbocycles. The number of pyridine rings is 1. The van der Waals surface area contributed by atoms with E-state index in [1.54, 1.807) is 0 Å². The molecular weight excluding hydrogens is 635 g/mol. The number of fused-ring (bicyclic) bond motifs is 9. The standard InChI is InChI=1S/C48H37N3O/c1-30-18-27-36(31(2)51-30)32-19-23-34(24-20-32)43(49)28-29-44(50)35-25-21-33(22-26-35)37-11-9-15-42-47(37)38-10-3-4-12-39(38)48(42)40-13-5-7-16-45(40)52-46-17-8-6-14-41(46)48/h3-29H,49-50H2,1-2H3/b43-28-,44-29-. The van der Waals surface area contributed by atoms with Crippen molar-refractivity contribution in [3.05, 3.63) is 209 Å². The summed E-state index contributed by atoms with van der Waals surface area (Å²) in [7, 11) is 0. The van der Waals surface area contributed by atoms with Gasteiger partial charge in [-0.15, -0.1) is 0 Å². The second-order valence-electron chi connectivity index (χ2n) is 13.6. The van der Waals surface area contributed by atoms with Crippen LogP contribution in [0.15, 0.2) is 164 Å². The Hall–Kier alpha value is -6.65. The van der Waals surface area contributed by atoms with Crippen molar-refractivity contribution in [3.8, 4) is 44.9 Å². The van der Waals surface area contributed by atoms with Gasteiger partial charge in [0.05, 0.1) is 5.41 Å². The third kappa shape index (κ3) is 4.87. The number of nitrogens with zero attached hydrogens (tertiary/aromatic N) is 1. The Balaban J connectivity index is 1.06. The molecule has 4 nitrogen and oxygen atoms in total. The maximum atomic E-state index is 6.62. The van der Waals surface area contributed by atoms with E-state index in [0.717, 1.165) is 61.8 Å². The Bertz CT molecular complexity index is 2530. The lowest BCUT2D eigenvalue weighted by atomic mass is 9.66. The zero-order valence-corrected chi connectivity index (χ0v) is 29.1. The first-order valence-corrected chi connectivity index (χ1v) is 17.6. The van der Waals surface area contributed by atoms with Crippen LogP contribution < -0.4 is 16.2 Å². The van der Waals surface area contributed by atoms with Crippen molar-refractivity contribution in [3.63, 3.8) is 0 Å². The van der Waals surface area contributed by atoms with Crippen LogP contribution in [0.1, 0.15) is 44.8 Å². The van der Waals surface area contributed by atoms with Gasteiger partial charge in [-0.2, -0.15) is 0 Å². The normalized spacial score (nSPS) is 13.9. The minimum Gasteiger partial charge on any atom is -0.457 e. The van der Waals surface area contributed by atoms with Gasteiger partial charge in [-0.3, -0.25) is 4.98 Å². The van der Waals surface area contributed by atoms with Crippen LogP contribution in [0, 0.1) is 13.8 Å². The van der Waals surface area contributed by atoms with Gasteiger partial charge >= 0.3 is 0 Å². The second kappa shape index (κ2) is 12.3. The fourth-order valence-corrected chi connectivity index (χ4v) is 8.19. The lowest BCUT2D eigenvalue weighted by Crippen LogP contribution is -2.32. The lowest BCUT2D eigenvalue weighted by Gasteiger charge is -2.39. The molecule has 9 rings (SSSR count). The molecule has 0 amide bonds. The highest BCUT2D eigenvalue weighted by Gasteiger charge is 2.51. The Morgan fingerprint density at radius 2 is 1.00 bits per heavy atom. The van der Waals surface area contributed by atoms with Crippen LogP contribution in [0.2, 0.25) is 0 Å². The lowest BCUT2D eigenvalue weighted by molar-refractivity contribution is 0.436. The Morgan fingerprint density at radius 1 is 0.500 bits per heavy atom. The number of hydrogen-bond donors (Lipinski definition) is 2. The summed E-state index contributed by atoms with van der Waals surface area (Å²) < 4.78 is 6.50. The summed E-state index contributed by atoms with van der Waals surface area (Å²) in [5.41, 5.74) is 29.7. The number of nitrogens with two attached hydrogens (primary N) is 2. The highest BCUT2D eigenvalue weighted by atomic mass is 16.5. The number of benzene rings is 6. The number of ether oxygens (including phenoxy) is 1. The quantitative estimate of drug-likeness (QED) is 0.179. The van der Waals surface area contributed by atoms with Crippen LogP contribution in [0.25, 0.3) is 44.8 Å². The van der Waals surface area contributed by atoms with Crippen molar-refractivity contribution in [1.29, 1.82) is 0 Å². The number of hydrogen-bond acceptors (Lipinski definition) is 4. The average Bonchev–Trinajstić information content (AvgIpc) is 3.48. The van der Waals surface area contributed by atoms with E-state index in [-0.39, 0.29) is 0 Å². The van der Waals surface area contributed by atoms with Gasteiger partial charge in [0.15, 0.2) is 0 Å². The van der Waals surface area contributed by atoms with Gasteiger partial charge < -0.3 is 16.2 Å². The van der Waals surface area contributed by atoms with Crippen LogP contribution in [0.4, 0.5) is 0 Å². The summed E-state index contributed by atoms with van der Waals surface area (Å²) in [4.78, 5) is 4.60. The van der Waals surface area contributed by atoms with Gasteiger partial charge in [0.2, 0.25) is 0 Å². The second-order valence-corrected chi connectivity index (χ2v) is 13.6. The van der Waals surface area contributed by atoms with E-state index in [0.29, 0.717) is 11.4 Å². The van der Waals surface area contributed by atoms with Crippen LogP contribution in [-0.2, 0) is 5.41 Å². The molecule has 1 spiro atoms. The van der Waals surface area contributed by atoms with Crippen molar-refractivity contribution in [2.45, 2.75) is 19.3 Å². The zero-order chi connectivity index (χ0) is 35.4. The first-order chi connectivity index (χ1) is 25.4. The van der Waals surface area contributed by atoms with Crippen molar-refractivity contribution < 1.29 is 4.74 Å². The van der Waals surface area contributed by atoms with Gasteiger partial charge in [0.25, 0.3) is 0 Å². The SMILES string of the molecule is Cc1ccc(-c2ccc(/C(N)=C/C=C(\N)c3ccc(-c4cccc5c4-c4ccccc4C54c5ccccc5Oc5ccccc54)cc3)cc2)c(C)n1. The molecule has 0 unspecified atom stereocenters. The number of para-hydroxylation sites is 2. The molecule has 52 heavy (non-hydrogen) atoms. The molecule has 0 bridgehead atoms. The van der Waals surface area contributed by atoms with Crippen molar-refractivity contribution in [1.82, 2.24) is 4.98 Å². The number of rotatable bonds is 5. The molecule has 0 atom stereocenters. The van der Waals surface area contributed by atoms with Crippen molar-refractivity contribution in [2.24, 2.45) is 11.5 Å². The fourth-order valence-electron chi connectivity index (χ4n) is 8.19. The molecule has 2 heterocycles. The smallest absolute Gasteiger partial charge is 0.132 e. The Morgan fingerprint density at radius 3 is 1.60 bits per heavy atom. The van der Waals surface area contributed by atoms with E-state index in [4.69, 9.17) is 16.2 Å². The van der Waals surface area contributed by atoms with Crippen molar-refractivity contribution >= 4 is 11.4 Å². The Kier molecular flexibility index (Phi) is 7.41. The number of aryl methyl sites for hydroxylation is 2. The molecule has 0 saturated heterocycles. The topological polar surface area (TPSA) is 74.2 Å². The third-order valence-corrected chi connectivity index (χ3v) is 10.6. The first kappa shape index (κ1) is 31.3. The minimum atomic E-state index is -0.496. The van der Waals surface area contributed by atoms with Gasteiger partial charge in [-0.25, -0.2) is 0 Å². The van der Waals surface area contributed by atoms with E-state index < -0.39 is 5.41 Å². The molecule has 250 valence electrons. The van der Waals surface area contributed by atoms with Crippen LogP contribution >= 0.6 is 0 Å². The summed E-state index contributed by atoms with van der Waals surface area (Å²) in [6.07, 6.45) is 3.76. The molecule has 2 aliphatic rings. The van der Waals surface area contributed by atoms with E-state index >= 15 is 0 Å². The third-order valence-electron chi connectivity index (χ3n) is 10.6. The van der Waals surface area contributed by atoms with Gasteiger partial charge in [0, 0.05) is 39.5 Å². The van der Waals surface area contributed by atoms with E-state index in [2.05, 4.69) is 126 Å². The van der Waals surface area contributed by atoms with Crippen LogP contribution in [0.5, 0.6) is 11.5 Å². The molecule has 0 fully saturated rings.